The molecular weight excluding hydrogens is 799 g/mol. The Morgan fingerprint density at radius 3 is 1.65 bits per heavy atom. The quantitative estimate of drug-likeness (QED) is 0.166. The number of anilines is 3. The Bertz CT molecular complexity index is 3660. The number of benzene rings is 10. The minimum Gasteiger partial charge on any atom is -0.455 e. The molecule has 10 aromatic carbocycles. The topological polar surface area (TPSA) is 16.4 Å². The number of rotatable bonds is 6. The predicted molar refractivity (Wildman–Crippen MR) is 274 cm³/mol. The summed E-state index contributed by atoms with van der Waals surface area (Å²) >= 11 is 0. The van der Waals surface area contributed by atoms with Gasteiger partial charge in [0.25, 0.3) is 0 Å². The summed E-state index contributed by atoms with van der Waals surface area (Å²) in [4.78, 5) is 2.50. The molecule has 2 heterocycles. The standard InChI is InChI=1S/C64H45NO/c1-63(2)57-25-12-13-26-59(57)65(60-39-32-46(40-58(60)63)43-18-7-4-8-19-43)49-37-38-56-54(41-49)51-20-9-11-24-55(51)64(56,47-33-28-44(29-34-47)42-16-5-3-6-17-42)48-35-30-45(31-36-48)50-22-15-23-53-52-21-10-14-27-61(52)66-62(50)53/h3-41H,1-2H3. The first kappa shape index (κ1) is 38.3. The molecule has 0 fully saturated rings. The van der Waals surface area contributed by atoms with Gasteiger partial charge in [0.2, 0.25) is 0 Å². The molecule has 2 heteroatoms. The zero-order valence-electron chi connectivity index (χ0n) is 36.9. The average Bonchev–Trinajstić information content (AvgIpc) is 3.91. The molecule has 2 aliphatic rings. The van der Waals surface area contributed by atoms with Gasteiger partial charge >= 0.3 is 0 Å². The first-order valence-corrected chi connectivity index (χ1v) is 23.0. The highest BCUT2D eigenvalue weighted by atomic mass is 16.3. The van der Waals surface area contributed by atoms with Crippen molar-refractivity contribution in [1.29, 1.82) is 0 Å². The maximum Gasteiger partial charge on any atom is 0.143 e. The van der Waals surface area contributed by atoms with Crippen molar-refractivity contribution in [3.05, 3.63) is 270 Å². The first-order chi connectivity index (χ1) is 32.5. The van der Waals surface area contributed by atoms with Crippen LogP contribution in [0.2, 0.25) is 0 Å². The Balaban J connectivity index is 1.01. The third-order valence-corrected chi connectivity index (χ3v) is 14.6. The molecule has 0 amide bonds. The van der Waals surface area contributed by atoms with E-state index in [1.165, 1.54) is 78.1 Å². The van der Waals surface area contributed by atoms with Crippen LogP contribution in [-0.2, 0) is 10.8 Å². The van der Waals surface area contributed by atoms with Crippen LogP contribution in [0.5, 0.6) is 0 Å². The molecule has 0 radical (unpaired) electrons. The van der Waals surface area contributed by atoms with Gasteiger partial charge in [-0.1, -0.05) is 214 Å². The normalized spacial score (nSPS) is 15.6. The largest absolute Gasteiger partial charge is 0.455 e. The summed E-state index contributed by atoms with van der Waals surface area (Å²) < 4.78 is 6.54. The van der Waals surface area contributed by atoms with Crippen molar-refractivity contribution in [3.8, 4) is 44.5 Å². The lowest BCUT2D eigenvalue weighted by Gasteiger charge is -2.42. The molecular formula is C64H45NO. The van der Waals surface area contributed by atoms with Gasteiger partial charge in [-0.2, -0.15) is 0 Å². The lowest BCUT2D eigenvalue weighted by atomic mass is 9.67. The van der Waals surface area contributed by atoms with Crippen molar-refractivity contribution in [2.75, 3.05) is 4.90 Å². The third kappa shape index (κ3) is 5.61. The van der Waals surface area contributed by atoms with E-state index in [1.54, 1.807) is 0 Å². The van der Waals surface area contributed by atoms with Crippen molar-refractivity contribution in [3.63, 3.8) is 0 Å². The molecule has 0 spiro atoms. The van der Waals surface area contributed by atoms with Gasteiger partial charge in [-0.15, -0.1) is 0 Å². The second-order valence-electron chi connectivity index (χ2n) is 18.4. The first-order valence-electron chi connectivity index (χ1n) is 23.0. The summed E-state index contributed by atoms with van der Waals surface area (Å²) in [5.74, 6) is 0. The van der Waals surface area contributed by atoms with Gasteiger partial charge in [-0.25, -0.2) is 0 Å². The van der Waals surface area contributed by atoms with Crippen molar-refractivity contribution >= 4 is 39.0 Å². The van der Waals surface area contributed by atoms with Gasteiger partial charge in [0, 0.05) is 27.4 Å². The highest BCUT2D eigenvalue weighted by Gasteiger charge is 2.47. The van der Waals surface area contributed by atoms with Crippen LogP contribution < -0.4 is 4.90 Å². The molecule has 66 heavy (non-hydrogen) atoms. The summed E-state index contributed by atoms with van der Waals surface area (Å²) in [7, 11) is 0. The number of para-hydroxylation sites is 3. The molecule has 312 valence electrons. The minimum atomic E-state index is -0.589. The van der Waals surface area contributed by atoms with E-state index in [9.17, 15) is 0 Å². The number of nitrogens with zero attached hydrogens (tertiary/aromatic N) is 1. The summed E-state index contributed by atoms with van der Waals surface area (Å²) in [6, 6.07) is 87.1. The molecule has 1 aliphatic carbocycles. The van der Waals surface area contributed by atoms with Crippen molar-refractivity contribution < 1.29 is 4.42 Å². The number of furan rings is 1. The monoisotopic (exact) mass is 843 g/mol. The van der Waals surface area contributed by atoms with Gasteiger partial charge in [-0.3, -0.25) is 0 Å². The Morgan fingerprint density at radius 1 is 0.348 bits per heavy atom. The van der Waals surface area contributed by atoms with E-state index >= 15 is 0 Å². The van der Waals surface area contributed by atoms with E-state index in [1.807, 2.05) is 6.07 Å². The maximum absolute atomic E-state index is 6.54. The fourth-order valence-corrected chi connectivity index (χ4v) is 11.4. The third-order valence-electron chi connectivity index (χ3n) is 14.6. The second kappa shape index (κ2) is 14.7. The Labute approximate surface area is 385 Å². The Hall–Kier alpha value is -8.20. The summed E-state index contributed by atoms with van der Waals surface area (Å²) in [6.45, 7) is 4.74. The van der Waals surface area contributed by atoms with Gasteiger partial charge < -0.3 is 9.32 Å². The highest BCUT2D eigenvalue weighted by Crippen LogP contribution is 2.59. The van der Waals surface area contributed by atoms with E-state index in [0.29, 0.717) is 0 Å². The fourth-order valence-electron chi connectivity index (χ4n) is 11.4. The molecule has 13 rings (SSSR count). The molecule has 1 aliphatic heterocycles. The Morgan fingerprint density at radius 2 is 0.894 bits per heavy atom. The number of hydrogen-bond acceptors (Lipinski definition) is 2. The van der Waals surface area contributed by atoms with E-state index in [0.717, 1.165) is 38.8 Å². The smallest absolute Gasteiger partial charge is 0.143 e. The van der Waals surface area contributed by atoms with Gasteiger partial charge in [0.15, 0.2) is 0 Å². The fraction of sp³-hybridized carbons (Fsp3) is 0.0625. The lowest BCUT2D eigenvalue weighted by molar-refractivity contribution is 0.632. The van der Waals surface area contributed by atoms with Crippen LogP contribution in [0.4, 0.5) is 17.1 Å². The van der Waals surface area contributed by atoms with Crippen molar-refractivity contribution in [2.24, 2.45) is 0 Å². The molecule has 0 saturated carbocycles. The summed E-state index contributed by atoms with van der Waals surface area (Å²) in [5.41, 5.74) is 21.8. The average molecular weight is 844 g/mol. The molecule has 1 unspecified atom stereocenters. The maximum atomic E-state index is 6.54. The van der Waals surface area contributed by atoms with Crippen LogP contribution in [0, 0.1) is 0 Å². The van der Waals surface area contributed by atoms with Gasteiger partial charge in [0.05, 0.1) is 16.8 Å². The van der Waals surface area contributed by atoms with Crippen LogP contribution >= 0.6 is 0 Å². The van der Waals surface area contributed by atoms with Gasteiger partial charge in [0.1, 0.15) is 11.2 Å². The zero-order valence-corrected chi connectivity index (χ0v) is 36.9. The summed E-state index contributed by atoms with van der Waals surface area (Å²) in [6.07, 6.45) is 0. The molecule has 2 nitrogen and oxygen atoms in total. The van der Waals surface area contributed by atoms with Crippen LogP contribution in [0.15, 0.2) is 241 Å². The molecule has 1 atom stereocenters. The second-order valence-corrected chi connectivity index (χ2v) is 18.4. The van der Waals surface area contributed by atoms with Crippen LogP contribution in [0.25, 0.3) is 66.4 Å². The molecule has 0 N–H and O–H groups in total. The molecule has 11 aromatic rings. The SMILES string of the molecule is CC1(C)c2ccccc2N(c2ccc3c(c2)-c2ccccc2C3(c2ccc(-c3ccccc3)cc2)c2ccc(-c3cccc4c3oc3ccccc34)cc2)c2ccc(-c3ccccc3)cc21. The van der Waals surface area contributed by atoms with E-state index in [2.05, 4.69) is 249 Å². The van der Waals surface area contributed by atoms with E-state index in [4.69, 9.17) is 4.42 Å². The van der Waals surface area contributed by atoms with Gasteiger partial charge in [-0.05, 0) is 109 Å². The van der Waals surface area contributed by atoms with Crippen LogP contribution in [0.1, 0.15) is 47.2 Å². The van der Waals surface area contributed by atoms with Crippen LogP contribution in [0.3, 0.4) is 0 Å². The van der Waals surface area contributed by atoms with E-state index in [-0.39, 0.29) is 5.41 Å². The van der Waals surface area contributed by atoms with Crippen molar-refractivity contribution in [2.45, 2.75) is 24.7 Å². The Kier molecular flexibility index (Phi) is 8.51. The highest BCUT2D eigenvalue weighted by molar-refractivity contribution is 6.09. The lowest BCUT2D eigenvalue weighted by Crippen LogP contribution is -2.31. The summed E-state index contributed by atoms with van der Waals surface area (Å²) in [5, 5.41) is 2.27. The number of hydrogen-bond donors (Lipinski definition) is 0. The predicted octanol–water partition coefficient (Wildman–Crippen LogP) is 17.1. The van der Waals surface area contributed by atoms with Crippen LogP contribution in [-0.4, -0.2) is 0 Å². The van der Waals surface area contributed by atoms with Crippen molar-refractivity contribution in [1.82, 2.24) is 0 Å². The molecule has 1 aromatic heterocycles. The molecule has 0 saturated heterocycles. The number of fused-ring (bicyclic) bond motifs is 8. The zero-order chi connectivity index (χ0) is 44.0. The van der Waals surface area contributed by atoms with E-state index < -0.39 is 5.41 Å². The minimum absolute atomic E-state index is 0.209. The molecule has 0 bridgehead atoms.